The number of hydrogen-bond donors (Lipinski definition) is 1. The van der Waals surface area contributed by atoms with E-state index in [1.165, 1.54) is 52.4 Å². The predicted molar refractivity (Wildman–Crippen MR) is 85.8 cm³/mol. The summed E-state index contributed by atoms with van der Waals surface area (Å²) in [7, 11) is 1.40. The lowest BCUT2D eigenvalue weighted by Crippen LogP contribution is -2.27. The highest BCUT2D eigenvalue weighted by Gasteiger charge is 2.16. The lowest BCUT2D eigenvalue weighted by atomic mass is 10.1. The first-order valence-electron chi connectivity index (χ1n) is 7.90. The summed E-state index contributed by atoms with van der Waals surface area (Å²) < 4.78 is 4.71. The Balaban J connectivity index is 1.88. The first kappa shape index (κ1) is 15.8. The minimum absolute atomic E-state index is 0.286. The summed E-state index contributed by atoms with van der Waals surface area (Å²) in [6, 6.07) is 8.07. The molecule has 0 bridgehead atoms. The average Bonchev–Trinajstić information content (AvgIpc) is 2.73. The zero-order valence-electron chi connectivity index (χ0n) is 13.1. The molecule has 1 aromatic carbocycles. The number of methoxy groups -OCH3 is 1. The summed E-state index contributed by atoms with van der Waals surface area (Å²) in [4.78, 5) is 14.0. The van der Waals surface area contributed by atoms with Crippen molar-refractivity contribution in [2.24, 2.45) is 0 Å². The molecule has 0 aromatic heterocycles. The van der Waals surface area contributed by atoms with Crippen LogP contribution in [0.25, 0.3) is 0 Å². The molecule has 1 fully saturated rings. The van der Waals surface area contributed by atoms with E-state index in [1.54, 1.807) is 0 Å². The molecule has 2 rings (SSSR count). The second-order valence-corrected chi connectivity index (χ2v) is 5.68. The predicted octanol–water partition coefficient (Wildman–Crippen LogP) is 3.15. The van der Waals surface area contributed by atoms with E-state index in [4.69, 9.17) is 4.74 Å². The van der Waals surface area contributed by atoms with Crippen molar-refractivity contribution < 1.29 is 9.53 Å². The Morgan fingerprint density at radius 2 is 2.05 bits per heavy atom. The van der Waals surface area contributed by atoms with Gasteiger partial charge in [-0.25, -0.2) is 4.79 Å². The number of anilines is 1. The van der Waals surface area contributed by atoms with Gasteiger partial charge in [0.25, 0.3) is 0 Å². The highest BCUT2D eigenvalue weighted by molar-refractivity contribution is 5.89. The summed E-state index contributed by atoms with van der Waals surface area (Å²) in [5, 5.41) is 3.59. The molecule has 1 aliphatic rings. The Kier molecular flexibility index (Phi) is 6.05. The van der Waals surface area contributed by atoms with Crippen LogP contribution in [0.3, 0.4) is 0 Å². The van der Waals surface area contributed by atoms with E-state index in [-0.39, 0.29) is 5.97 Å². The van der Waals surface area contributed by atoms with Gasteiger partial charge in [-0.2, -0.15) is 0 Å². The van der Waals surface area contributed by atoms with E-state index in [0.717, 1.165) is 5.69 Å². The van der Waals surface area contributed by atoms with Gasteiger partial charge in [-0.1, -0.05) is 6.92 Å². The zero-order chi connectivity index (χ0) is 15.1. The first-order valence-corrected chi connectivity index (χ1v) is 7.90. The van der Waals surface area contributed by atoms with E-state index in [2.05, 4.69) is 17.1 Å². The molecule has 0 radical (unpaired) electrons. The van der Waals surface area contributed by atoms with Crippen LogP contribution in [-0.2, 0) is 4.74 Å². The third-order valence-electron chi connectivity index (χ3n) is 4.04. The second kappa shape index (κ2) is 8.03. The van der Waals surface area contributed by atoms with E-state index < -0.39 is 0 Å². The second-order valence-electron chi connectivity index (χ2n) is 5.68. The number of benzene rings is 1. The van der Waals surface area contributed by atoms with E-state index in [0.29, 0.717) is 11.6 Å². The van der Waals surface area contributed by atoms with Crippen molar-refractivity contribution in [3.05, 3.63) is 29.8 Å². The van der Waals surface area contributed by atoms with Crippen molar-refractivity contribution >= 4 is 11.7 Å². The number of likely N-dealkylation sites (tertiary alicyclic amines) is 1. The van der Waals surface area contributed by atoms with Crippen LogP contribution in [0.1, 0.15) is 43.0 Å². The van der Waals surface area contributed by atoms with Crippen LogP contribution in [0.4, 0.5) is 5.69 Å². The van der Waals surface area contributed by atoms with E-state index in [1.807, 2.05) is 24.3 Å². The monoisotopic (exact) mass is 290 g/mol. The van der Waals surface area contributed by atoms with Crippen molar-refractivity contribution in [3.63, 3.8) is 0 Å². The van der Waals surface area contributed by atoms with Gasteiger partial charge in [0.05, 0.1) is 12.7 Å². The lowest BCUT2D eigenvalue weighted by Gasteiger charge is -2.20. The van der Waals surface area contributed by atoms with Gasteiger partial charge in [-0.15, -0.1) is 0 Å². The fourth-order valence-corrected chi connectivity index (χ4v) is 2.90. The highest BCUT2D eigenvalue weighted by atomic mass is 16.5. The number of rotatable bonds is 5. The van der Waals surface area contributed by atoms with Gasteiger partial charge in [0.2, 0.25) is 0 Å². The van der Waals surface area contributed by atoms with Crippen LogP contribution in [0, 0.1) is 0 Å². The summed E-state index contributed by atoms with van der Waals surface area (Å²) in [6.45, 7) is 5.84. The molecule has 1 saturated heterocycles. The molecule has 1 aliphatic heterocycles. The Hall–Kier alpha value is -1.55. The first-order chi connectivity index (χ1) is 10.2. The van der Waals surface area contributed by atoms with Gasteiger partial charge < -0.3 is 15.0 Å². The Morgan fingerprint density at radius 1 is 1.29 bits per heavy atom. The molecule has 1 aromatic rings. The third kappa shape index (κ3) is 4.74. The molecule has 1 atom stereocenters. The van der Waals surface area contributed by atoms with Crippen molar-refractivity contribution in [2.75, 3.05) is 32.1 Å². The lowest BCUT2D eigenvalue weighted by molar-refractivity contribution is 0.0601. The minimum Gasteiger partial charge on any atom is -0.465 e. The number of esters is 1. The maximum Gasteiger partial charge on any atom is 0.337 e. The molecule has 4 nitrogen and oxygen atoms in total. The van der Waals surface area contributed by atoms with Gasteiger partial charge in [-0.05, 0) is 63.0 Å². The number of carbonyl (C=O) groups excluding carboxylic acids is 1. The average molecular weight is 290 g/mol. The highest BCUT2D eigenvalue weighted by Crippen LogP contribution is 2.18. The van der Waals surface area contributed by atoms with Crippen molar-refractivity contribution in [3.8, 4) is 0 Å². The normalized spacial score (nSPS) is 19.8. The fraction of sp³-hybridized carbons (Fsp3) is 0.588. The molecule has 0 amide bonds. The number of hydrogen-bond acceptors (Lipinski definition) is 4. The summed E-state index contributed by atoms with van der Waals surface area (Å²) >= 11 is 0. The molecule has 1 N–H and O–H groups in total. The number of nitrogens with one attached hydrogen (secondary N) is 1. The zero-order valence-corrected chi connectivity index (χ0v) is 13.1. The largest absolute Gasteiger partial charge is 0.465 e. The maximum absolute atomic E-state index is 11.4. The van der Waals surface area contributed by atoms with E-state index >= 15 is 0 Å². The molecular formula is C17H26N2O2. The summed E-state index contributed by atoms with van der Waals surface area (Å²) in [5.74, 6) is -0.286. The SMILES string of the molecule is CCCN1CCCC(Nc2ccc(C(=O)OC)cc2)CC1. The number of nitrogens with zero attached hydrogens (tertiary/aromatic N) is 1. The molecular weight excluding hydrogens is 264 g/mol. The van der Waals surface area contributed by atoms with Crippen molar-refractivity contribution in [1.29, 1.82) is 0 Å². The third-order valence-corrected chi connectivity index (χ3v) is 4.04. The van der Waals surface area contributed by atoms with Crippen molar-refractivity contribution in [2.45, 2.75) is 38.6 Å². The van der Waals surface area contributed by atoms with Crippen LogP contribution in [0.15, 0.2) is 24.3 Å². The number of ether oxygens (including phenoxy) is 1. The fourth-order valence-electron chi connectivity index (χ4n) is 2.90. The van der Waals surface area contributed by atoms with Gasteiger partial charge in [0, 0.05) is 18.3 Å². The molecule has 116 valence electrons. The maximum atomic E-state index is 11.4. The standard InChI is InChI=1S/C17H26N2O2/c1-3-11-19-12-4-5-15(10-13-19)18-16-8-6-14(7-9-16)17(20)21-2/h6-9,15,18H,3-5,10-13H2,1-2H3. The summed E-state index contributed by atoms with van der Waals surface area (Å²) in [5.41, 5.74) is 1.68. The van der Waals surface area contributed by atoms with Crippen LogP contribution >= 0.6 is 0 Å². The molecule has 1 heterocycles. The molecule has 0 saturated carbocycles. The molecule has 1 unspecified atom stereocenters. The Bertz CT molecular complexity index is 445. The smallest absolute Gasteiger partial charge is 0.337 e. The topological polar surface area (TPSA) is 41.6 Å². The molecule has 4 heteroatoms. The van der Waals surface area contributed by atoms with Crippen LogP contribution in [-0.4, -0.2) is 43.7 Å². The molecule has 0 spiro atoms. The van der Waals surface area contributed by atoms with Crippen LogP contribution < -0.4 is 5.32 Å². The molecule has 0 aliphatic carbocycles. The van der Waals surface area contributed by atoms with Crippen molar-refractivity contribution in [1.82, 2.24) is 4.90 Å². The quantitative estimate of drug-likeness (QED) is 0.846. The van der Waals surface area contributed by atoms with Crippen LogP contribution in [0.2, 0.25) is 0 Å². The molecule has 21 heavy (non-hydrogen) atoms. The van der Waals surface area contributed by atoms with Gasteiger partial charge in [0.1, 0.15) is 0 Å². The van der Waals surface area contributed by atoms with Crippen LogP contribution in [0.5, 0.6) is 0 Å². The van der Waals surface area contributed by atoms with Gasteiger partial charge >= 0.3 is 5.97 Å². The Labute approximate surface area is 127 Å². The van der Waals surface area contributed by atoms with E-state index in [9.17, 15) is 4.79 Å². The minimum atomic E-state index is -0.286. The number of carbonyl (C=O) groups is 1. The summed E-state index contributed by atoms with van der Waals surface area (Å²) in [6.07, 6.45) is 4.86. The van der Waals surface area contributed by atoms with Gasteiger partial charge in [-0.3, -0.25) is 0 Å². The Morgan fingerprint density at radius 3 is 2.71 bits per heavy atom. The van der Waals surface area contributed by atoms with Gasteiger partial charge in [0.15, 0.2) is 0 Å².